The Kier molecular flexibility index (Phi) is 5.28. The minimum atomic E-state index is -3.89. The zero-order chi connectivity index (χ0) is 17.7. The molecule has 0 amide bonds. The molecule has 0 radical (unpaired) electrons. The predicted molar refractivity (Wildman–Crippen MR) is 83.1 cm³/mol. The summed E-state index contributed by atoms with van der Waals surface area (Å²) in [5.41, 5.74) is 0.475. The fraction of sp³-hybridized carbons (Fsp3) is 0.125. The second-order valence-electron chi connectivity index (χ2n) is 4.91. The van der Waals surface area contributed by atoms with Crippen LogP contribution in [-0.2, 0) is 23.0 Å². The molecule has 0 aliphatic carbocycles. The van der Waals surface area contributed by atoms with E-state index in [2.05, 4.69) is 4.72 Å². The van der Waals surface area contributed by atoms with E-state index < -0.39 is 21.8 Å². The Morgan fingerprint density at radius 3 is 2.46 bits per heavy atom. The molecule has 0 aromatic heterocycles. The summed E-state index contributed by atoms with van der Waals surface area (Å²) in [5.74, 6) is -1.93. The Hall–Kier alpha value is -2.76. The number of carboxylic acid groups (broad SMARTS) is 1. The number of hydrogen-bond donors (Lipinski definition) is 2. The van der Waals surface area contributed by atoms with Crippen molar-refractivity contribution in [1.29, 1.82) is 5.26 Å². The smallest absolute Gasteiger partial charge is 0.335 e. The van der Waals surface area contributed by atoms with Crippen molar-refractivity contribution in [2.45, 2.75) is 17.9 Å². The van der Waals surface area contributed by atoms with Crippen molar-refractivity contribution in [3.05, 3.63) is 65.0 Å². The number of nitriles is 1. The van der Waals surface area contributed by atoms with Gasteiger partial charge in [0.2, 0.25) is 10.0 Å². The molecule has 2 aromatic carbocycles. The maximum absolute atomic E-state index is 13.7. The average Bonchev–Trinajstić information content (AvgIpc) is 2.55. The van der Waals surface area contributed by atoms with E-state index in [9.17, 15) is 17.6 Å². The Morgan fingerprint density at radius 1 is 1.21 bits per heavy atom. The first-order valence-electron chi connectivity index (χ1n) is 6.81. The molecule has 24 heavy (non-hydrogen) atoms. The molecule has 0 bridgehead atoms. The summed E-state index contributed by atoms with van der Waals surface area (Å²) >= 11 is 0. The molecule has 0 spiro atoms. The molecule has 0 aliphatic rings. The van der Waals surface area contributed by atoms with E-state index in [1.807, 2.05) is 6.07 Å². The van der Waals surface area contributed by atoms with Gasteiger partial charge < -0.3 is 5.11 Å². The maximum atomic E-state index is 13.7. The van der Waals surface area contributed by atoms with Gasteiger partial charge in [0.15, 0.2) is 0 Å². The lowest BCUT2D eigenvalue weighted by atomic mass is 10.1. The van der Waals surface area contributed by atoms with Gasteiger partial charge in [-0.25, -0.2) is 22.3 Å². The van der Waals surface area contributed by atoms with Crippen LogP contribution in [0.25, 0.3) is 0 Å². The zero-order valence-corrected chi connectivity index (χ0v) is 13.2. The van der Waals surface area contributed by atoms with Crippen molar-refractivity contribution in [1.82, 2.24) is 4.72 Å². The summed E-state index contributed by atoms with van der Waals surface area (Å²) in [6, 6.07) is 10.8. The Morgan fingerprint density at radius 2 is 1.88 bits per heavy atom. The zero-order valence-electron chi connectivity index (χ0n) is 12.4. The quantitative estimate of drug-likeness (QED) is 0.831. The summed E-state index contributed by atoms with van der Waals surface area (Å²) in [5, 5.41) is 17.5. The molecule has 0 atom stereocenters. The van der Waals surface area contributed by atoms with Crippen LogP contribution < -0.4 is 4.72 Å². The minimum Gasteiger partial charge on any atom is -0.478 e. The standard InChI is InChI=1S/C16H13FN2O4S/c17-15-6-3-12(16(20)21)9-13(15)10-19-24(22,23)14-4-1-11(2-5-14)7-8-18/h1-6,9,19H,7,10H2,(H,20,21). The highest BCUT2D eigenvalue weighted by atomic mass is 32.2. The second-order valence-corrected chi connectivity index (χ2v) is 6.68. The SMILES string of the molecule is N#CCc1ccc(S(=O)(=O)NCc2cc(C(=O)O)ccc2F)cc1. The molecule has 2 N–H and O–H groups in total. The highest BCUT2D eigenvalue weighted by Crippen LogP contribution is 2.14. The van der Waals surface area contributed by atoms with Gasteiger partial charge in [-0.15, -0.1) is 0 Å². The topological polar surface area (TPSA) is 107 Å². The number of carboxylic acids is 1. The third kappa shape index (κ3) is 4.16. The lowest BCUT2D eigenvalue weighted by Gasteiger charge is -2.09. The van der Waals surface area contributed by atoms with E-state index in [1.165, 1.54) is 24.3 Å². The van der Waals surface area contributed by atoms with E-state index in [0.717, 1.165) is 18.2 Å². The highest BCUT2D eigenvalue weighted by molar-refractivity contribution is 7.89. The molecule has 0 fully saturated rings. The van der Waals surface area contributed by atoms with Gasteiger partial charge >= 0.3 is 5.97 Å². The number of halogens is 1. The van der Waals surface area contributed by atoms with Gasteiger partial charge in [-0.3, -0.25) is 0 Å². The minimum absolute atomic E-state index is 0.0287. The molecule has 2 aromatic rings. The molecule has 0 saturated heterocycles. The van der Waals surface area contributed by atoms with Crippen molar-refractivity contribution in [3.8, 4) is 6.07 Å². The van der Waals surface area contributed by atoms with Crippen LogP contribution in [0.15, 0.2) is 47.4 Å². The van der Waals surface area contributed by atoms with Crippen LogP contribution >= 0.6 is 0 Å². The van der Waals surface area contributed by atoms with Crippen LogP contribution in [0.1, 0.15) is 21.5 Å². The van der Waals surface area contributed by atoms with Crippen LogP contribution in [0.2, 0.25) is 0 Å². The number of nitrogens with one attached hydrogen (secondary N) is 1. The third-order valence-corrected chi connectivity index (χ3v) is 4.68. The number of sulfonamides is 1. The van der Waals surface area contributed by atoms with Gasteiger partial charge in [0, 0.05) is 12.1 Å². The van der Waals surface area contributed by atoms with Crippen molar-refractivity contribution < 1.29 is 22.7 Å². The average molecular weight is 348 g/mol. The summed E-state index contributed by atoms with van der Waals surface area (Å²) in [6.45, 7) is -0.380. The van der Waals surface area contributed by atoms with Gasteiger partial charge in [0.05, 0.1) is 22.9 Å². The third-order valence-electron chi connectivity index (χ3n) is 3.26. The fourth-order valence-electron chi connectivity index (χ4n) is 1.98. The van der Waals surface area contributed by atoms with Crippen molar-refractivity contribution in [2.24, 2.45) is 0 Å². The van der Waals surface area contributed by atoms with E-state index in [0.29, 0.717) is 5.56 Å². The molecule has 0 aliphatic heterocycles. The Bertz CT molecular complexity index is 903. The van der Waals surface area contributed by atoms with Gasteiger partial charge in [0.1, 0.15) is 5.82 Å². The van der Waals surface area contributed by atoms with Crippen LogP contribution in [0.4, 0.5) is 4.39 Å². The number of hydrogen-bond acceptors (Lipinski definition) is 4. The van der Waals surface area contributed by atoms with Crippen LogP contribution in [-0.4, -0.2) is 19.5 Å². The van der Waals surface area contributed by atoms with Gasteiger partial charge in [-0.2, -0.15) is 5.26 Å². The molecular weight excluding hydrogens is 335 g/mol. The molecule has 0 unspecified atom stereocenters. The number of carbonyl (C=O) groups is 1. The number of aromatic carboxylic acids is 1. The largest absolute Gasteiger partial charge is 0.478 e. The lowest BCUT2D eigenvalue weighted by Crippen LogP contribution is -2.24. The van der Waals surface area contributed by atoms with Gasteiger partial charge in [-0.05, 0) is 35.9 Å². The molecular formula is C16H13FN2O4S. The first-order chi connectivity index (χ1) is 11.3. The summed E-state index contributed by atoms with van der Waals surface area (Å²) in [4.78, 5) is 10.9. The van der Waals surface area contributed by atoms with Crippen LogP contribution in [0, 0.1) is 17.1 Å². The number of rotatable bonds is 6. The van der Waals surface area contributed by atoms with E-state index >= 15 is 0 Å². The number of benzene rings is 2. The van der Waals surface area contributed by atoms with Gasteiger partial charge in [-0.1, -0.05) is 12.1 Å². The molecule has 124 valence electrons. The van der Waals surface area contributed by atoms with E-state index in [1.54, 1.807) is 0 Å². The number of nitrogens with zero attached hydrogens (tertiary/aromatic N) is 1. The first-order valence-corrected chi connectivity index (χ1v) is 8.29. The summed E-state index contributed by atoms with van der Waals surface area (Å²) in [7, 11) is -3.89. The summed E-state index contributed by atoms with van der Waals surface area (Å²) < 4.78 is 40.3. The monoisotopic (exact) mass is 348 g/mol. The van der Waals surface area contributed by atoms with Crippen molar-refractivity contribution >= 4 is 16.0 Å². The van der Waals surface area contributed by atoms with Crippen molar-refractivity contribution in [3.63, 3.8) is 0 Å². The Labute approximate surface area is 138 Å². The molecule has 8 heteroatoms. The van der Waals surface area contributed by atoms with Crippen LogP contribution in [0.3, 0.4) is 0 Å². The van der Waals surface area contributed by atoms with Crippen LogP contribution in [0.5, 0.6) is 0 Å². The first kappa shape index (κ1) is 17.6. The normalized spacial score (nSPS) is 11.0. The van der Waals surface area contributed by atoms with Crippen molar-refractivity contribution in [2.75, 3.05) is 0 Å². The molecule has 0 saturated carbocycles. The highest BCUT2D eigenvalue weighted by Gasteiger charge is 2.15. The molecule has 6 nitrogen and oxygen atoms in total. The summed E-state index contributed by atoms with van der Waals surface area (Å²) in [6.07, 6.45) is 0.168. The van der Waals surface area contributed by atoms with E-state index in [4.69, 9.17) is 10.4 Å². The molecule has 0 heterocycles. The second kappa shape index (κ2) is 7.21. The molecule has 2 rings (SSSR count). The Balaban J connectivity index is 2.17. The fourth-order valence-corrected chi connectivity index (χ4v) is 2.98. The van der Waals surface area contributed by atoms with Gasteiger partial charge in [0.25, 0.3) is 0 Å². The predicted octanol–water partition coefficient (Wildman–Crippen LogP) is 2.07. The maximum Gasteiger partial charge on any atom is 0.335 e. The van der Waals surface area contributed by atoms with E-state index in [-0.39, 0.29) is 29.0 Å². The lowest BCUT2D eigenvalue weighted by molar-refractivity contribution is 0.0696.